The SMILES string of the molecule is CC(C(=O)O)N(C)C(=O)c1ccc(S(=O)(=O)NCC2CCCO2)cc1. The van der Waals surface area contributed by atoms with Crippen LogP contribution in [0.2, 0.25) is 0 Å². The van der Waals surface area contributed by atoms with E-state index in [1.54, 1.807) is 0 Å². The zero-order valence-electron chi connectivity index (χ0n) is 14.1. The Kier molecular flexibility index (Phi) is 6.15. The largest absolute Gasteiger partial charge is 0.480 e. The lowest BCUT2D eigenvalue weighted by Crippen LogP contribution is -2.40. The highest BCUT2D eigenvalue weighted by molar-refractivity contribution is 7.89. The molecule has 2 N–H and O–H groups in total. The van der Waals surface area contributed by atoms with Crippen LogP contribution in [0.5, 0.6) is 0 Å². The number of carbonyl (C=O) groups is 2. The lowest BCUT2D eigenvalue weighted by molar-refractivity contribution is -0.141. The predicted molar refractivity (Wildman–Crippen MR) is 89.8 cm³/mol. The maximum Gasteiger partial charge on any atom is 0.326 e. The van der Waals surface area contributed by atoms with Crippen molar-refractivity contribution in [3.05, 3.63) is 29.8 Å². The van der Waals surface area contributed by atoms with Crippen LogP contribution in [0.15, 0.2) is 29.2 Å². The molecule has 25 heavy (non-hydrogen) atoms. The van der Waals surface area contributed by atoms with E-state index >= 15 is 0 Å². The highest BCUT2D eigenvalue weighted by Gasteiger charge is 2.24. The second-order valence-electron chi connectivity index (χ2n) is 5.94. The molecular formula is C16H22N2O6S. The molecule has 0 radical (unpaired) electrons. The van der Waals surface area contributed by atoms with Gasteiger partial charge in [-0.1, -0.05) is 0 Å². The monoisotopic (exact) mass is 370 g/mol. The van der Waals surface area contributed by atoms with E-state index in [9.17, 15) is 18.0 Å². The Morgan fingerprint density at radius 1 is 1.36 bits per heavy atom. The van der Waals surface area contributed by atoms with Crippen LogP contribution in [0.3, 0.4) is 0 Å². The van der Waals surface area contributed by atoms with E-state index in [0.717, 1.165) is 17.7 Å². The minimum atomic E-state index is -3.69. The molecule has 2 unspecified atom stereocenters. The summed E-state index contributed by atoms with van der Waals surface area (Å²) in [6.45, 7) is 2.25. The van der Waals surface area contributed by atoms with Gasteiger partial charge >= 0.3 is 5.97 Å². The number of hydrogen-bond acceptors (Lipinski definition) is 5. The number of nitrogens with one attached hydrogen (secondary N) is 1. The molecular weight excluding hydrogens is 348 g/mol. The van der Waals surface area contributed by atoms with Crippen molar-refractivity contribution in [2.45, 2.75) is 36.8 Å². The number of ether oxygens (including phenoxy) is 1. The van der Waals surface area contributed by atoms with Gasteiger partial charge in [-0.15, -0.1) is 0 Å². The highest BCUT2D eigenvalue weighted by atomic mass is 32.2. The molecule has 1 heterocycles. The summed E-state index contributed by atoms with van der Waals surface area (Å²) < 4.78 is 32.4. The molecule has 1 aromatic carbocycles. The quantitative estimate of drug-likeness (QED) is 0.730. The van der Waals surface area contributed by atoms with E-state index in [2.05, 4.69) is 4.72 Å². The number of nitrogens with zero attached hydrogens (tertiary/aromatic N) is 1. The van der Waals surface area contributed by atoms with E-state index < -0.39 is 27.9 Å². The molecule has 0 saturated carbocycles. The molecule has 1 aliphatic heterocycles. The van der Waals surface area contributed by atoms with Crippen LogP contribution in [0.1, 0.15) is 30.1 Å². The Balaban J connectivity index is 2.05. The zero-order valence-corrected chi connectivity index (χ0v) is 15.0. The number of amides is 1. The summed E-state index contributed by atoms with van der Waals surface area (Å²) in [6.07, 6.45) is 1.64. The summed E-state index contributed by atoms with van der Waals surface area (Å²) in [5, 5.41) is 8.96. The van der Waals surface area contributed by atoms with Crippen molar-refractivity contribution in [2.24, 2.45) is 0 Å². The molecule has 2 atom stereocenters. The van der Waals surface area contributed by atoms with Crippen molar-refractivity contribution in [3.63, 3.8) is 0 Å². The lowest BCUT2D eigenvalue weighted by Gasteiger charge is -2.21. The number of rotatable bonds is 7. The van der Waals surface area contributed by atoms with Gasteiger partial charge in [-0.2, -0.15) is 0 Å². The van der Waals surface area contributed by atoms with E-state index in [-0.39, 0.29) is 23.1 Å². The summed E-state index contributed by atoms with van der Waals surface area (Å²) in [7, 11) is -2.31. The number of carboxylic acids is 1. The van der Waals surface area contributed by atoms with Crippen LogP contribution < -0.4 is 4.72 Å². The first-order valence-electron chi connectivity index (χ1n) is 7.93. The smallest absolute Gasteiger partial charge is 0.326 e. The van der Waals surface area contributed by atoms with E-state index in [1.165, 1.54) is 38.2 Å². The summed E-state index contributed by atoms with van der Waals surface area (Å²) in [5.41, 5.74) is 0.216. The molecule has 1 fully saturated rings. The molecule has 1 amide bonds. The van der Waals surface area contributed by atoms with Gasteiger partial charge in [0, 0.05) is 25.8 Å². The van der Waals surface area contributed by atoms with E-state index in [1.807, 2.05) is 0 Å². The topological polar surface area (TPSA) is 113 Å². The first-order chi connectivity index (χ1) is 11.7. The van der Waals surface area contributed by atoms with Gasteiger partial charge in [-0.05, 0) is 44.0 Å². The van der Waals surface area contributed by atoms with Crippen molar-refractivity contribution in [3.8, 4) is 0 Å². The van der Waals surface area contributed by atoms with E-state index in [4.69, 9.17) is 9.84 Å². The molecule has 0 bridgehead atoms. The molecule has 0 aromatic heterocycles. The third-order valence-electron chi connectivity index (χ3n) is 4.20. The zero-order chi connectivity index (χ0) is 18.6. The summed E-state index contributed by atoms with van der Waals surface area (Å²) in [6, 6.07) is 4.40. The Labute approximate surface area is 146 Å². The third-order valence-corrected chi connectivity index (χ3v) is 5.63. The van der Waals surface area contributed by atoms with Gasteiger partial charge in [0.05, 0.1) is 11.0 Å². The number of hydrogen-bond donors (Lipinski definition) is 2. The Morgan fingerprint density at radius 2 is 2.00 bits per heavy atom. The van der Waals surface area contributed by atoms with Gasteiger partial charge in [-0.25, -0.2) is 17.9 Å². The normalized spacial score (nSPS) is 18.7. The van der Waals surface area contributed by atoms with Gasteiger partial charge in [0.15, 0.2) is 0 Å². The Hall–Kier alpha value is -1.97. The fraction of sp³-hybridized carbons (Fsp3) is 0.500. The number of likely N-dealkylation sites (N-methyl/N-ethyl adjacent to an activating group) is 1. The van der Waals surface area contributed by atoms with Crippen LogP contribution in [0.4, 0.5) is 0 Å². The van der Waals surface area contributed by atoms with Crippen molar-refractivity contribution in [2.75, 3.05) is 20.2 Å². The number of carboxylic acid groups (broad SMARTS) is 1. The first-order valence-corrected chi connectivity index (χ1v) is 9.42. The van der Waals surface area contributed by atoms with E-state index in [0.29, 0.717) is 6.61 Å². The summed E-state index contributed by atoms with van der Waals surface area (Å²) >= 11 is 0. The van der Waals surface area contributed by atoms with Crippen LogP contribution in [0.25, 0.3) is 0 Å². The predicted octanol–water partition coefficient (Wildman–Crippen LogP) is 0.689. The summed E-state index contributed by atoms with van der Waals surface area (Å²) in [4.78, 5) is 24.3. The molecule has 8 nitrogen and oxygen atoms in total. The molecule has 9 heteroatoms. The lowest BCUT2D eigenvalue weighted by atomic mass is 10.2. The second-order valence-corrected chi connectivity index (χ2v) is 7.71. The van der Waals surface area contributed by atoms with Crippen molar-refractivity contribution >= 4 is 21.9 Å². The number of sulfonamides is 1. The minimum Gasteiger partial charge on any atom is -0.480 e. The average Bonchev–Trinajstić information content (AvgIpc) is 3.11. The number of carbonyl (C=O) groups excluding carboxylic acids is 1. The van der Waals surface area contributed by atoms with Crippen LogP contribution in [-0.4, -0.2) is 62.6 Å². The molecule has 0 aliphatic carbocycles. The van der Waals surface area contributed by atoms with Crippen molar-refractivity contribution in [1.82, 2.24) is 9.62 Å². The maximum atomic E-state index is 12.3. The average molecular weight is 370 g/mol. The minimum absolute atomic E-state index is 0.0379. The molecule has 1 aliphatic rings. The molecule has 0 spiro atoms. The molecule has 138 valence electrons. The van der Waals surface area contributed by atoms with Crippen LogP contribution in [-0.2, 0) is 19.6 Å². The van der Waals surface area contributed by atoms with Gasteiger partial charge in [-0.3, -0.25) is 4.79 Å². The number of aliphatic carboxylic acids is 1. The summed E-state index contributed by atoms with van der Waals surface area (Å²) in [5.74, 6) is -1.61. The number of benzene rings is 1. The fourth-order valence-corrected chi connectivity index (χ4v) is 3.48. The van der Waals surface area contributed by atoms with Gasteiger partial charge in [0.1, 0.15) is 6.04 Å². The van der Waals surface area contributed by atoms with Gasteiger partial charge in [0.25, 0.3) is 5.91 Å². The first kappa shape index (κ1) is 19.4. The Morgan fingerprint density at radius 3 is 2.52 bits per heavy atom. The Bertz CT molecular complexity index is 725. The van der Waals surface area contributed by atoms with Crippen LogP contribution >= 0.6 is 0 Å². The molecule has 1 saturated heterocycles. The van der Waals surface area contributed by atoms with Gasteiger partial charge in [0.2, 0.25) is 10.0 Å². The highest BCUT2D eigenvalue weighted by Crippen LogP contribution is 2.15. The van der Waals surface area contributed by atoms with Crippen molar-refractivity contribution < 1.29 is 27.9 Å². The standard InChI is InChI=1S/C16H22N2O6S/c1-11(16(20)21)18(2)15(19)12-5-7-14(8-6-12)25(22,23)17-10-13-4-3-9-24-13/h5-8,11,13,17H,3-4,9-10H2,1-2H3,(H,20,21). The second kappa shape index (κ2) is 7.94. The van der Waals surface area contributed by atoms with Crippen LogP contribution in [0, 0.1) is 0 Å². The van der Waals surface area contributed by atoms with Gasteiger partial charge < -0.3 is 14.7 Å². The fourth-order valence-electron chi connectivity index (χ4n) is 2.41. The molecule has 1 aromatic rings. The maximum absolute atomic E-state index is 12.3. The molecule has 2 rings (SSSR count). The van der Waals surface area contributed by atoms with Crippen molar-refractivity contribution in [1.29, 1.82) is 0 Å². The third kappa shape index (κ3) is 4.77.